The number of benzene rings is 4. The minimum Gasteiger partial charge on any atom is -0.483 e. The Kier molecular flexibility index (Phi) is 7.73. The lowest BCUT2D eigenvalue weighted by Gasteiger charge is -2.31. The zero-order chi connectivity index (χ0) is 24.6. The third-order valence-electron chi connectivity index (χ3n) is 5.92. The van der Waals surface area contributed by atoms with Gasteiger partial charge in [0.2, 0.25) is 5.91 Å². The number of hydrogen-bond acceptors (Lipinski definition) is 3. The van der Waals surface area contributed by atoms with Gasteiger partial charge in [-0.15, -0.1) is 0 Å². The molecule has 0 fully saturated rings. The van der Waals surface area contributed by atoms with E-state index in [-0.39, 0.29) is 25.5 Å². The standard InChI is InChI=1S/C29H27FN2O3/c1-31-29(34)26(18-21-10-3-2-4-11-21)32(19-23-13-6-8-16-25(23)30)28(33)20-35-27-17-9-14-22-12-5-7-15-24(22)27/h2-17,26H,18-20H2,1H3,(H,31,34)/t26-/m1/s1. The number of fused-ring (bicyclic) bond motifs is 1. The van der Waals surface area contributed by atoms with Gasteiger partial charge < -0.3 is 15.0 Å². The van der Waals surface area contributed by atoms with Gasteiger partial charge in [-0.2, -0.15) is 0 Å². The molecule has 0 heterocycles. The van der Waals surface area contributed by atoms with Gasteiger partial charge in [0.25, 0.3) is 5.91 Å². The molecule has 0 aromatic heterocycles. The highest BCUT2D eigenvalue weighted by molar-refractivity contribution is 5.90. The van der Waals surface area contributed by atoms with Gasteiger partial charge >= 0.3 is 0 Å². The highest BCUT2D eigenvalue weighted by atomic mass is 19.1. The molecule has 4 rings (SSSR count). The van der Waals surface area contributed by atoms with Crippen molar-refractivity contribution >= 4 is 22.6 Å². The van der Waals surface area contributed by atoms with E-state index in [9.17, 15) is 14.0 Å². The molecule has 1 N–H and O–H groups in total. The number of ether oxygens (including phenoxy) is 1. The van der Waals surface area contributed by atoms with Gasteiger partial charge in [0.15, 0.2) is 6.61 Å². The fourth-order valence-corrected chi connectivity index (χ4v) is 4.07. The monoisotopic (exact) mass is 470 g/mol. The molecule has 0 unspecified atom stereocenters. The summed E-state index contributed by atoms with van der Waals surface area (Å²) in [4.78, 5) is 27.9. The van der Waals surface area contributed by atoms with Crippen molar-refractivity contribution in [2.24, 2.45) is 0 Å². The zero-order valence-corrected chi connectivity index (χ0v) is 19.5. The molecule has 4 aromatic rings. The Balaban J connectivity index is 1.63. The van der Waals surface area contributed by atoms with Crippen molar-refractivity contribution in [2.45, 2.75) is 19.0 Å². The average molecular weight is 471 g/mol. The van der Waals surface area contributed by atoms with Crippen LogP contribution in [0.5, 0.6) is 5.75 Å². The van der Waals surface area contributed by atoms with E-state index in [0.29, 0.717) is 11.3 Å². The van der Waals surface area contributed by atoms with Crippen molar-refractivity contribution in [3.63, 3.8) is 0 Å². The van der Waals surface area contributed by atoms with Crippen molar-refractivity contribution in [2.75, 3.05) is 13.7 Å². The first kappa shape index (κ1) is 24.0. The Labute approximate surface area is 204 Å². The minimum absolute atomic E-state index is 0.0602. The Bertz CT molecular complexity index is 1300. The van der Waals surface area contributed by atoms with Crippen LogP contribution >= 0.6 is 0 Å². The first-order chi connectivity index (χ1) is 17.1. The summed E-state index contributed by atoms with van der Waals surface area (Å²) in [6.07, 6.45) is 0.287. The van der Waals surface area contributed by atoms with Crippen molar-refractivity contribution < 1.29 is 18.7 Å². The van der Waals surface area contributed by atoms with E-state index >= 15 is 0 Å². The van der Waals surface area contributed by atoms with Gasteiger partial charge in [-0.05, 0) is 23.1 Å². The van der Waals surface area contributed by atoms with Gasteiger partial charge in [-0.25, -0.2) is 4.39 Å². The number of nitrogens with zero attached hydrogens (tertiary/aromatic N) is 1. The van der Waals surface area contributed by atoms with E-state index in [1.165, 1.54) is 18.0 Å². The number of amides is 2. The third kappa shape index (κ3) is 5.84. The van der Waals surface area contributed by atoms with Crippen LogP contribution in [0.15, 0.2) is 97.1 Å². The van der Waals surface area contributed by atoms with E-state index < -0.39 is 17.8 Å². The highest BCUT2D eigenvalue weighted by Gasteiger charge is 2.30. The van der Waals surface area contributed by atoms with Crippen LogP contribution in [0.3, 0.4) is 0 Å². The Hall–Kier alpha value is -4.19. The molecular weight excluding hydrogens is 443 g/mol. The molecule has 0 radical (unpaired) electrons. The largest absolute Gasteiger partial charge is 0.483 e. The summed E-state index contributed by atoms with van der Waals surface area (Å²) in [5.41, 5.74) is 1.22. The molecule has 1 atom stereocenters. The third-order valence-corrected chi connectivity index (χ3v) is 5.92. The van der Waals surface area contributed by atoms with Crippen LogP contribution in [0, 0.1) is 5.82 Å². The summed E-state index contributed by atoms with van der Waals surface area (Å²) in [6.45, 7) is -0.347. The van der Waals surface area contributed by atoms with Crippen LogP contribution in [0.1, 0.15) is 11.1 Å². The molecule has 0 bridgehead atoms. The fourth-order valence-electron chi connectivity index (χ4n) is 4.07. The van der Waals surface area contributed by atoms with E-state index in [1.54, 1.807) is 24.3 Å². The Morgan fingerprint density at radius 3 is 2.34 bits per heavy atom. The molecule has 0 saturated carbocycles. The molecule has 0 saturated heterocycles. The SMILES string of the molecule is CNC(=O)[C@@H](Cc1ccccc1)N(Cc1ccccc1F)C(=O)COc1cccc2ccccc12. The molecule has 178 valence electrons. The first-order valence-electron chi connectivity index (χ1n) is 11.5. The van der Waals surface area contributed by atoms with Crippen molar-refractivity contribution in [3.05, 3.63) is 114 Å². The second-order valence-electron chi connectivity index (χ2n) is 8.20. The van der Waals surface area contributed by atoms with Gasteiger partial charge in [0.05, 0.1) is 0 Å². The number of likely N-dealkylation sites (N-methyl/N-ethyl adjacent to an activating group) is 1. The highest BCUT2D eigenvalue weighted by Crippen LogP contribution is 2.25. The van der Waals surface area contributed by atoms with Gasteiger partial charge in [0.1, 0.15) is 17.6 Å². The Morgan fingerprint density at radius 1 is 0.886 bits per heavy atom. The molecular formula is C29H27FN2O3. The van der Waals surface area contributed by atoms with Crippen LogP contribution in [0.25, 0.3) is 10.8 Å². The summed E-state index contributed by atoms with van der Waals surface area (Å²) in [7, 11) is 1.53. The van der Waals surface area contributed by atoms with Crippen LogP contribution in [0.2, 0.25) is 0 Å². The minimum atomic E-state index is -0.842. The fraction of sp³-hybridized carbons (Fsp3) is 0.172. The van der Waals surface area contributed by atoms with Crippen LogP contribution in [0.4, 0.5) is 4.39 Å². The summed E-state index contributed by atoms with van der Waals surface area (Å²) >= 11 is 0. The van der Waals surface area contributed by atoms with Gasteiger partial charge in [-0.3, -0.25) is 9.59 Å². The van der Waals surface area contributed by atoms with Gasteiger partial charge in [-0.1, -0.05) is 84.9 Å². The van der Waals surface area contributed by atoms with Crippen molar-refractivity contribution in [3.8, 4) is 5.75 Å². The number of nitrogens with one attached hydrogen (secondary N) is 1. The van der Waals surface area contributed by atoms with E-state index in [2.05, 4.69) is 5.32 Å². The molecule has 5 nitrogen and oxygen atoms in total. The smallest absolute Gasteiger partial charge is 0.261 e. The Morgan fingerprint density at radius 2 is 1.57 bits per heavy atom. The molecule has 0 aliphatic carbocycles. The van der Waals surface area contributed by atoms with Crippen LogP contribution in [-0.2, 0) is 22.6 Å². The molecule has 35 heavy (non-hydrogen) atoms. The number of rotatable bonds is 9. The van der Waals surface area contributed by atoms with Gasteiger partial charge in [0, 0.05) is 31.0 Å². The lowest BCUT2D eigenvalue weighted by Crippen LogP contribution is -2.51. The maximum atomic E-state index is 14.5. The summed E-state index contributed by atoms with van der Waals surface area (Å²) in [6, 6.07) is 28.2. The van der Waals surface area contributed by atoms with E-state index in [0.717, 1.165) is 16.3 Å². The predicted octanol–water partition coefficient (Wildman–Crippen LogP) is 4.74. The van der Waals surface area contributed by atoms with Crippen molar-refractivity contribution in [1.29, 1.82) is 0 Å². The molecule has 4 aromatic carbocycles. The van der Waals surface area contributed by atoms with Crippen LogP contribution < -0.4 is 10.1 Å². The summed E-state index contributed by atoms with van der Waals surface area (Å²) < 4.78 is 20.5. The number of carbonyl (C=O) groups excluding carboxylic acids is 2. The summed E-state index contributed by atoms with van der Waals surface area (Å²) in [5.74, 6) is -0.605. The number of halogens is 1. The molecule has 0 aliphatic rings. The normalized spacial score (nSPS) is 11.6. The quantitative estimate of drug-likeness (QED) is 0.384. The lowest BCUT2D eigenvalue weighted by atomic mass is 10.0. The number of carbonyl (C=O) groups is 2. The van der Waals surface area contributed by atoms with Crippen LogP contribution in [-0.4, -0.2) is 36.4 Å². The summed E-state index contributed by atoms with van der Waals surface area (Å²) in [5, 5.41) is 4.53. The average Bonchev–Trinajstić information content (AvgIpc) is 2.90. The first-order valence-corrected chi connectivity index (χ1v) is 11.5. The number of hydrogen-bond donors (Lipinski definition) is 1. The lowest BCUT2D eigenvalue weighted by molar-refractivity contribution is -0.142. The maximum absolute atomic E-state index is 14.5. The van der Waals surface area contributed by atoms with Crippen molar-refractivity contribution in [1.82, 2.24) is 10.2 Å². The van der Waals surface area contributed by atoms with E-state index in [1.807, 2.05) is 66.7 Å². The maximum Gasteiger partial charge on any atom is 0.261 e. The zero-order valence-electron chi connectivity index (χ0n) is 19.5. The van der Waals surface area contributed by atoms with E-state index in [4.69, 9.17) is 4.74 Å². The molecule has 0 aliphatic heterocycles. The molecule has 2 amide bonds. The topological polar surface area (TPSA) is 58.6 Å². The molecule has 6 heteroatoms. The second-order valence-corrected chi connectivity index (χ2v) is 8.20. The second kappa shape index (κ2) is 11.3. The molecule has 0 spiro atoms. The predicted molar refractivity (Wildman–Crippen MR) is 134 cm³/mol.